The number of hydrogen-bond donors (Lipinski definition) is 3. The van der Waals surface area contributed by atoms with Gasteiger partial charge in [-0.15, -0.1) is 0 Å². The highest BCUT2D eigenvalue weighted by Crippen LogP contribution is 2.29. The molecular formula is C19H17N5O4. The largest absolute Gasteiger partial charge is 0.465 e. The van der Waals surface area contributed by atoms with E-state index in [1.54, 1.807) is 48.5 Å². The molecule has 28 heavy (non-hydrogen) atoms. The molecule has 0 fully saturated rings. The molecule has 2 aromatic carbocycles. The molecule has 0 spiro atoms. The molecule has 0 bridgehead atoms. The van der Waals surface area contributed by atoms with E-state index in [4.69, 9.17) is 10.5 Å². The molecule has 0 radical (unpaired) electrons. The van der Waals surface area contributed by atoms with Crippen LogP contribution in [0.25, 0.3) is 0 Å². The lowest BCUT2D eigenvalue weighted by molar-refractivity contribution is 0.0600. The van der Waals surface area contributed by atoms with Crippen LogP contribution in [0.1, 0.15) is 20.7 Å². The normalized spacial score (nSPS) is 10.0. The number of nitrogens with one attached hydrogen (secondary N) is 2. The summed E-state index contributed by atoms with van der Waals surface area (Å²) < 4.78 is 10.3. The fourth-order valence-electron chi connectivity index (χ4n) is 2.23. The molecule has 0 atom stereocenters. The van der Waals surface area contributed by atoms with Crippen LogP contribution in [-0.4, -0.2) is 29.0 Å². The monoisotopic (exact) mass is 379 g/mol. The van der Waals surface area contributed by atoms with Gasteiger partial charge in [-0.25, -0.2) is 9.78 Å². The zero-order valence-electron chi connectivity index (χ0n) is 14.9. The standard InChI is InChI=1S/C19H17N5O4/c1-27-19(26)13-7-9-14(10-8-13)28-18-15(20)16(21-11-22-18)23-24-17(25)12-5-3-2-4-6-12/h2-11H,20H2,1H3,(H,24,25)(H,21,22,23). The SMILES string of the molecule is COC(=O)c1ccc(Oc2ncnc(NNC(=O)c3ccccc3)c2N)cc1. The maximum Gasteiger partial charge on any atom is 0.337 e. The Hall–Kier alpha value is -4.14. The highest BCUT2D eigenvalue weighted by atomic mass is 16.5. The number of anilines is 2. The van der Waals surface area contributed by atoms with Crippen LogP contribution in [0.3, 0.4) is 0 Å². The number of esters is 1. The average molecular weight is 379 g/mol. The fraction of sp³-hybridized carbons (Fsp3) is 0.0526. The summed E-state index contributed by atoms with van der Waals surface area (Å²) >= 11 is 0. The Bertz CT molecular complexity index is 977. The average Bonchev–Trinajstić information content (AvgIpc) is 2.74. The van der Waals surface area contributed by atoms with Crippen molar-refractivity contribution in [2.24, 2.45) is 0 Å². The Labute approximate surface area is 160 Å². The molecule has 0 aliphatic heterocycles. The minimum Gasteiger partial charge on any atom is -0.465 e. The second-order valence-corrected chi connectivity index (χ2v) is 5.50. The van der Waals surface area contributed by atoms with E-state index in [0.29, 0.717) is 16.9 Å². The first kappa shape index (κ1) is 18.6. The molecule has 3 aromatic rings. The number of hydrogen-bond acceptors (Lipinski definition) is 8. The lowest BCUT2D eigenvalue weighted by Gasteiger charge is -2.12. The summed E-state index contributed by atoms with van der Waals surface area (Å²) in [5, 5.41) is 0. The van der Waals surface area contributed by atoms with Crippen LogP contribution in [0.4, 0.5) is 11.5 Å². The van der Waals surface area contributed by atoms with Crippen LogP contribution >= 0.6 is 0 Å². The molecule has 4 N–H and O–H groups in total. The van der Waals surface area contributed by atoms with Crippen molar-refractivity contribution in [3.8, 4) is 11.6 Å². The Morgan fingerprint density at radius 1 is 0.964 bits per heavy atom. The molecule has 1 heterocycles. The highest BCUT2D eigenvalue weighted by Gasteiger charge is 2.12. The molecule has 0 aliphatic rings. The maximum atomic E-state index is 12.1. The van der Waals surface area contributed by atoms with Crippen molar-refractivity contribution in [1.82, 2.24) is 15.4 Å². The van der Waals surface area contributed by atoms with Crippen LogP contribution in [-0.2, 0) is 4.74 Å². The third-order valence-corrected chi connectivity index (χ3v) is 3.67. The number of methoxy groups -OCH3 is 1. The van der Waals surface area contributed by atoms with Gasteiger partial charge >= 0.3 is 5.97 Å². The summed E-state index contributed by atoms with van der Waals surface area (Å²) in [6.07, 6.45) is 1.24. The predicted molar refractivity (Wildman–Crippen MR) is 102 cm³/mol. The van der Waals surface area contributed by atoms with E-state index >= 15 is 0 Å². The van der Waals surface area contributed by atoms with Gasteiger partial charge < -0.3 is 15.2 Å². The lowest BCUT2D eigenvalue weighted by Crippen LogP contribution is -2.30. The van der Waals surface area contributed by atoms with Crippen LogP contribution in [0.15, 0.2) is 60.9 Å². The molecule has 9 nitrogen and oxygen atoms in total. The number of aromatic nitrogens is 2. The van der Waals surface area contributed by atoms with Crippen molar-refractivity contribution in [1.29, 1.82) is 0 Å². The Balaban J connectivity index is 1.69. The second kappa shape index (κ2) is 8.49. The molecule has 1 aromatic heterocycles. The maximum absolute atomic E-state index is 12.1. The molecular weight excluding hydrogens is 362 g/mol. The van der Waals surface area contributed by atoms with Gasteiger partial charge in [-0.1, -0.05) is 18.2 Å². The number of ether oxygens (including phenoxy) is 2. The van der Waals surface area contributed by atoms with Crippen LogP contribution in [0.5, 0.6) is 11.6 Å². The first-order valence-electron chi connectivity index (χ1n) is 8.16. The molecule has 0 saturated carbocycles. The number of rotatable bonds is 6. The van der Waals surface area contributed by atoms with Crippen molar-refractivity contribution < 1.29 is 19.1 Å². The molecule has 1 amide bonds. The predicted octanol–water partition coefficient (Wildman–Crippen LogP) is 2.39. The Morgan fingerprint density at radius 3 is 2.36 bits per heavy atom. The van der Waals surface area contributed by atoms with Gasteiger partial charge in [0.1, 0.15) is 17.8 Å². The molecule has 0 unspecified atom stereocenters. The number of carbonyl (C=O) groups excluding carboxylic acids is 2. The van der Waals surface area contributed by atoms with Crippen LogP contribution < -0.4 is 21.3 Å². The summed E-state index contributed by atoms with van der Waals surface area (Å²) in [5.41, 5.74) is 12.1. The molecule has 0 saturated heterocycles. The van der Waals surface area contributed by atoms with Gasteiger partial charge in [-0.2, -0.15) is 4.98 Å². The zero-order valence-corrected chi connectivity index (χ0v) is 14.9. The number of carbonyl (C=O) groups is 2. The summed E-state index contributed by atoms with van der Waals surface area (Å²) in [6.45, 7) is 0. The van der Waals surface area contributed by atoms with Gasteiger partial charge in [0.15, 0.2) is 5.82 Å². The molecule has 9 heteroatoms. The van der Waals surface area contributed by atoms with Crippen molar-refractivity contribution in [3.63, 3.8) is 0 Å². The number of nitrogens with two attached hydrogens (primary N) is 1. The molecule has 142 valence electrons. The number of nitrogen functional groups attached to an aromatic ring is 1. The van der Waals surface area contributed by atoms with Crippen LogP contribution in [0, 0.1) is 0 Å². The van der Waals surface area contributed by atoms with Crippen LogP contribution in [0.2, 0.25) is 0 Å². The van der Waals surface area contributed by atoms with Gasteiger partial charge in [-0.3, -0.25) is 15.6 Å². The van der Waals surface area contributed by atoms with E-state index in [1.807, 2.05) is 6.07 Å². The zero-order chi connectivity index (χ0) is 19.9. The number of nitrogens with zero attached hydrogens (tertiary/aromatic N) is 2. The number of hydrazine groups is 1. The van der Waals surface area contributed by atoms with E-state index in [1.165, 1.54) is 13.4 Å². The number of benzene rings is 2. The molecule has 0 aliphatic carbocycles. The van der Waals surface area contributed by atoms with Crippen molar-refractivity contribution in [3.05, 3.63) is 72.1 Å². The van der Waals surface area contributed by atoms with E-state index < -0.39 is 5.97 Å². The first-order chi connectivity index (χ1) is 13.6. The quantitative estimate of drug-likeness (QED) is 0.440. The van der Waals surface area contributed by atoms with E-state index in [0.717, 1.165) is 0 Å². The first-order valence-corrected chi connectivity index (χ1v) is 8.16. The topological polar surface area (TPSA) is 128 Å². The summed E-state index contributed by atoms with van der Waals surface area (Å²) in [5.74, 6) is -0.108. The number of amides is 1. The second-order valence-electron chi connectivity index (χ2n) is 5.50. The minimum atomic E-state index is -0.450. The Kier molecular flexibility index (Phi) is 5.66. The third kappa shape index (κ3) is 4.33. The van der Waals surface area contributed by atoms with E-state index in [2.05, 4.69) is 25.6 Å². The summed E-state index contributed by atoms with van der Waals surface area (Å²) in [7, 11) is 1.30. The van der Waals surface area contributed by atoms with Gasteiger partial charge in [0.05, 0.1) is 12.7 Å². The molecule has 3 rings (SSSR count). The smallest absolute Gasteiger partial charge is 0.337 e. The lowest BCUT2D eigenvalue weighted by atomic mass is 10.2. The van der Waals surface area contributed by atoms with E-state index in [9.17, 15) is 9.59 Å². The highest BCUT2D eigenvalue weighted by molar-refractivity contribution is 5.95. The summed E-state index contributed by atoms with van der Waals surface area (Å²) in [6, 6.07) is 14.9. The fourth-order valence-corrected chi connectivity index (χ4v) is 2.23. The van der Waals surface area contributed by atoms with Gasteiger partial charge in [0, 0.05) is 5.56 Å². The summed E-state index contributed by atoms with van der Waals surface area (Å²) in [4.78, 5) is 31.5. The van der Waals surface area contributed by atoms with Gasteiger partial charge in [0.25, 0.3) is 5.91 Å². The van der Waals surface area contributed by atoms with Crippen molar-refractivity contribution >= 4 is 23.4 Å². The van der Waals surface area contributed by atoms with Gasteiger partial charge in [-0.05, 0) is 36.4 Å². The van der Waals surface area contributed by atoms with E-state index in [-0.39, 0.29) is 23.3 Å². The van der Waals surface area contributed by atoms with Crippen molar-refractivity contribution in [2.75, 3.05) is 18.3 Å². The third-order valence-electron chi connectivity index (χ3n) is 3.67. The van der Waals surface area contributed by atoms with Crippen molar-refractivity contribution in [2.45, 2.75) is 0 Å². The minimum absolute atomic E-state index is 0.0947. The Morgan fingerprint density at radius 2 is 1.68 bits per heavy atom. The van der Waals surface area contributed by atoms with Gasteiger partial charge in [0.2, 0.25) is 5.88 Å².